The van der Waals surface area contributed by atoms with Crippen LogP contribution in [0.25, 0.3) is 22.3 Å². The van der Waals surface area contributed by atoms with Crippen molar-refractivity contribution in [1.82, 2.24) is 14.7 Å². The van der Waals surface area contributed by atoms with E-state index in [1.807, 2.05) is 0 Å². The van der Waals surface area contributed by atoms with Gasteiger partial charge >= 0.3 is 0 Å². The quantitative estimate of drug-likeness (QED) is 0.705. The average Bonchev–Trinajstić information content (AvgIpc) is 3.46. The predicted molar refractivity (Wildman–Crippen MR) is 101 cm³/mol. The van der Waals surface area contributed by atoms with Crippen LogP contribution in [0.4, 0.5) is 10.3 Å². The summed E-state index contributed by atoms with van der Waals surface area (Å²) in [6.07, 6.45) is 4.57. The SMILES string of the molecule is Nc1ncc(-c2ccc(-c3ccccc3S(=O)(=O)NC3CC3)cc2F)cn1. The first-order valence-corrected chi connectivity index (χ1v) is 9.91. The molecular weight excluding hydrogens is 367 g/mol. The largest absolute Gasteiger partial charge is 0.368 e. The predicted octanol–water partition coefficient (Wildman–Crippen LogP) is 2.97. The number of halogens is 1. The number of hydrogen-bond acceptors (Lipinski definition) is 5. The number of sulfonamides is 1. The number of anilines is 1. The monoisotopic (exact) mass is 384 g/mol. The Balaban J connectivity index is 1.74. The minimum Gasteiger partial charge on any atom is -0.368 e. The molecular formula is C19H17FN4O2S. The van der Waals surface area contributed by atoms with Crippen LogP contribution in [0.2, 0.25) is 0 Å². The van der Waals surface area contributed by atoms with E-state index < -0.39 is 15.8 Å². The first kappa shape index (κ1) is 17.6. The second-order valence-corrected chi connectivity index (χ2v) is 8.10. The van der Waals surface area contributed by atoms with E-state index in [1.54, 1.807) is 30.3 Å². The first-order chi connectivity index (χ1) is 12.9. The molecule has 3 aromatic rings. The van der Waals surface area contributed by atoms with Gasteiger partial charge in [-0.3, -0.25) is 0 Å². The van der Waals surface area contributed by atoms with E-state index in [0.29, 0.717) is 22.3 Å². The minimum atomic E-state index is -3.66. The molecule has 1 aromatic heterocycles. The van der Waals surface area contributed by atoms with E-state index >= 15 is 0 Å². The van der Waals surface area contributed by atoms with E-state index in [2.05, 4.69) is 14.7 Å². The number of rotatable bonds is 5. The molecule has 1 aliphatic rings. The van der Waals surface area contributed by atoms with Crippen LogP contribution >= 0.6 is 0 Å². The van der Waals surface area contributed by atoms with Crippen LogP contribution in [0.3, 0.4) is 0 Å². The molecule has 2 aromatic carbocycles. The van der Waals surface area contributed by atoms with Crippen molar-refractivity contribution >= 4 is 16.0 Å². The van der Waals surface area contributed by atoms with E-state index in [0.717, 1.165) is 12.8 Å². The Morgan fingerprint density at radius 2 is 1.70 bits per heavy atom. The molecule has 27 heavy (non-hydrogen) atoms. The molecule has 3 N–H and O–H groups in total. The number of benzene rings is 2. The number of aromatic nitrogens is 2. The average molecular weight is 384 g/mol. The summed E-state index contributed by atoms with van der Waals surface area (Å²) in [5, 5.41) is 0. The zero-order valence-electron chi connectivity index (χ0n) is 14.3. The normalized spacial score (nSPS) is 14.3. The molecule has 138 valence electrons. The number of nitrogens with zero attached hydrogens (tertiary/aromatic N) is 2. The van der Waals surface area contributed by atoms with Gasteiger partial charge in [-0.1, -0.05) is 30.3 Å². The Hall–Kier alpha value is -2.84. The van der Waals surface area contributed by atoms with Gasteiger partial charge in [0, 0.05) is 35.1 Å². The zero-order valence-corrected chi connectivity index (χ0v) is 15.1. The molecule has 0 radical (unpaired) electrons. The molecule has 4 rings (SSSR count). The summed E-state index contributed by atoms with van der Waals surface area (Å²) in [5.74, 6) is -0.388. The van der Waals surface area contributed by atoms with Gasteiger partial charge in [0.15, 0.2) is 0 Å². The lowest BCUT2D eigenvalue weighted by molar-refractivity contribution is 0.581. The van der Waals surface area contributed by atoms with Gasteiger partial charge in [-0.2, -0.15) is 0 Å². The van der Waals surface area contributed by atoms with Crippen molar-refractivity contribution in [2.75, 3.05) is 5.73 Å². The van der Waals surface area contributed by atoms with Crippen LogP contribution in [0.5, 0.6) is 0 Å². The summed E-state index contributed by atoms with van der Waals surface area (Å²) in [6.45, 7) is 0. The summed E-state index contributed by atoms with van der Waals surface area (Å²) < 4.78 is 42.7. The van der Waals surface area contributed by atoms with Gasteiger partial charge < -0.3 is 5.73 Å². The number of hydrogen-bond donors (Lipinski definition) is 2. The second-order valence-electron chi connectivity index (χ2n) is 6.42. The van der Waals surface area contributed by atoms with Crippen LogP contribution in [0, 0.1) is 5.82 Å². The summed E-state index contributed by atoms with van der Waals surface area (Å²) in [5.41, 5.74) is 7.19. The Morgan fingerprint density at radius 1 is 1.00 bits per heavy atom. The summed E-state index contributed by atoms with van der Waals surface area (Å²) in [6, 6.07) is 11.1. The van der Waals surface area contributed by atoms with Crippen LogP contribution in [0.15, 0.2) is 59.8 Å². The van der Waals surface area contributed by atoms with E-state index in [4.69, 9.17) is 5.73 Å². The lowest BCUT2D eigenvalue weighted by atomic mass is 10.0. The van der Waals surface area contributed by atoms with Crippen molar-refractivity contribution in [2.24, 2.45) is 0 Å². The lowest BCUT2D eigenvalue weighted by Gasteiger charge is -2.12. The summed E-state index contributed by atoms with van der Waals surface area (Å²) >= 11 is 0. The molecule has 1 heterocycles. The third kappa shape index (κ3) is 3.67. The molecule has 1 saturated carbocycles. The molecule has 1 aliphatic carbocycles. The van der Waals surface area contributed by atoms with Gasteiger partial charge in [0.05, 0.1) is 4.90 Å². The summed E-state index contributed by atoms with van der Waals surface area (Å²) in [4.78, 5) is 7.88. The molecule has 0 unspecified atom stereocenters. The van der Waals surface area contributed by atoms with Gasteiger partial charge in [-0.05, 0) is 30.5 Å². The van der Waals surface area contributed by atoms with Gasteiger partial charge in [0.1, 0.15) is 5.82 Å². The number of nitrogens with one attached hydrogen (secondary N) is 1. The van der Waals surface area contributed by atoms with E-state index in [1.165, 1.54) is 24.5 Å². The highest BCUT2D eigenvalue weighted by atomic mass is 32.2. The zero-order chi connectivity index (χ0) is 19.0. The van der Waals surface area contributed by atoms with Gasteiger partial charge in [-0.25, -0.2) is 27.5 Å². The fraction of sp³-hybridized carbons (Fsp3) is 0.158. The maximum absolute atomic E-state index is 14.7. The molecule has 0 aliphatic heterocycles. The maximum atomic E-state index is 14.7. The Morgan fingerprint density at radius 3 is 2.37 bits per heavy atom. The van der Waals surface area contributed by atoms with E-state index in [-0.39, 0.29) is 16.9 Å². The highest BCUT2D eigenvalue weighted by molar-refractivity contribution is 7.89. The molecule has 0 saturated heterocycles. The lowest BCUT2D eigenvalue weighted by Crippen LogP contribution is -2.26. The van der Waals surface area contributed by atoms with E-state index in [9.17, 15) is 12.8 Å². The number of nitrogens with two attached hydrogens (primary N) is 1. The summed E-state index contributed by atoms with van der Waals surface area (Å²) in [7, 11) is -3.66. The third-order valence-corrected chi connectivity index (χ3v) is 5.92. The molecule has 6 nitrogen and oxygen atoms in total. The molecule has 0 spiro atoms. The second kappa shape index (κ2) is 6.71. The first-order valence-electron chi connectivity index (χ1n) is 8.43. The number of nitrogen functional groups attached to an aromatic ring is 1. The Bertz CT molecular complexity index is 1100. The fourth-order valence-corrected chi connectivity index (χ4v) is 4.35. The molecule has 8 heteroatoms. The molecule has 0 atom stereocenters. The third-order valence-electron chi connectivity index (χ3n) is 4.34. The van der Waals surface area contributed by atoms with Crippen molar-refractivity contribution in [1.29, 1.82) is 0 Å². The van der Waals surface area contributed by atoms with Crippen LogP contribution in [0.1, 0.15) is 12.8 Å². The fourth-order valence-electron chi connectivity index (χ4n) is 2.82. The topological polar surface area (TPSA) is 98.0 Å². The van der Waals surface area contributed by atoms with Crippen molar-refractivity contribution < 1.29 is 12.8 Å². The van der Waals surface area contributed by atoms with Gasteiger partial charge in [0.2, 0.25) is 16.0 Å². The van der Waals surface area contributed by atoms with Crippen molar-refractivity contribution in [3.8, 4) is 22.3 Å². The van der Waals surface area contributed by atoms with Crippen LogP contribution in [-0.4, -0.2) is 24.4 Å². The van der Waals surface area contributed by atoms with Crippen LogP contribution in [-0.2, 0) is 10.0 Å². The Labute approximate surface area is 156 Å². The van der Waals surface area contributed by atoms with Crippen molar-refractivity contribution in [3.05, 3.63) is 60.7 Å². The Kier molecular flexibility index (Phi) is 4.37. The minimum absolute atomic E-state index is 0.00677. The molecule has 1 fully saturated rings. The highest BCUT2D eigenvalue weighted by Crippen LogP contribution is 2.32. The van der Waals surface area contributed by atoms with Crippen LogP contribution < -0.4 is 10.5 Å². The molecule has 0 bridgehead atoms. The van der Waals surface area contributed by atoms with Gasteiger partial charge in [0.25, 0.3) is 0 Å². The van der Waals surface area contributed by atoms with Gasteiger partial charge in [-0.15, -0.1) is 0 Å². The smallest absolute Gasteiger partial charge is 0.241 e. The standard InChI is InChI=1S/C19H17FN4O2S/c20-17-9-12(5-8-15(17)13-10-22-19(21)23-11-13)16-3-1-2-4-18(16)27(25,26)24-14-6-7-14/h1-5,8-11,14,24H,6-7H2,(H2,21,22,23). The maximum Gasteiger partial charge on any atom is 0.241 e. The molecule has 0 amide bonds. The van der Waals surface area contributed by atoms with Crippen molar-refractivity contribution in [3.63, 3.8) is 0 Å². The van der Waals surface area contributed by atoms with Crippen molar-refractivity contribution in [2.45, 2.75) is 23.8 Å². The highest BCUT2D eigenvalue weighted by Gasteiger charge is 2.29.